The summed E-state index contributed by atoms with van der Waals surface area (Å²) in [7, 11) is 0. The summed E-state index contributed by atoms with van der Waals surface area (Å²) in [5.41, 5.74) is 0.805. The van der Waals surface area contributed by atoms with Crippen molar-refractivity contribution in [2.45, 2.75) is 44.3 Å². The highest BCUT2D eigenvalue weighted by atomic mass is 16.4. The fourth-order valence-corrected chi connectivity index (χ4v) is 3.07. The number of carboxylic acid groups (broad SMARTS) is 1. The molecule has 20 heavy (non-hydrogen) atoms. The highest BCUT2D eigenvalue weighted by Crippen LogP contribution is 2.30. The van der Waals surface area contributed by atoms with E-state index >= 15 is 0 Å². The minimum absolute atomic E-state index is 0.138. The number of nitrogens with zero attached hydrogens (tertiary/aromatic N) is 2. The van der Waals surface area contributed by atoms with Crippen molar-refractivity contribution in [3.8, 4) is 0 Å². The fraction of sp³-hybridized carbons (Fsp3) is 0.615. The Labute approximate surface area is 116 Å². The Morgan fingerprint density at radius 2 is 2.35 bits per heavy atom. The van der Waals surface area contributed by atoms with Crippen LogP contribution in [0.3, 0.4) is 0 Å². The molecule has 108 valence electrons. The van der Waals surface area contributed by atoms with Crippen LogP contribution in [0.2, 0.25) is 0 Å². The molecular weight excluding hydrogens is 260 g/mol. The highest BCUT2D eigenvalue weighted by molar-refractivity contribution is 5.90. The number of fused-ring (bicyclic) bond motifs is 1. The van der Waals surface area contributed by atoms with Gasteiger partial charge in [0.15, 0.2) is 0 Å². The van der Waals surface area contributed by atoms with E-state index < -0.39 is 11.5 Å². The molecule has 2 atom stereocenters. The molecular formula is C13H18N4O3. The van der Waals surface area contributed by atoms with E-state index in [1.807, 2.05) is 0 Å². The quantitative estimate of drug-likeness (QED) is 0.701. The van der Waals surface area contributed by atoms with Crippen LogP contribution < -0.4 is 5.32 Å². The van der Waals surface area contributed by atoms with Crippen molar-refractivity contribution < 1.29 is 14.7 Å². The number of rotatable bonds is 2. The van der Waals surface area contributed by atoms with Crippen molar-refractivity contribution in [3.05, 3.63) is 17.7 Å². The van der Waals surface area contributed by atoms with Crippen LogP contribution in [0.25, 0.3) is 0 Å². The van der Waals surface area contributed by atoms with Gasteiger partial charge in [-0.2, -0.15) is 0 Å². The van der Waals surface area contributed by atoms with Gasteiger partial charge in [-0.05, 0) is 19.8 Å². The zero-order valence-electron chi connectivity index (χ0n) is 11.3. The number of carboxylic acids is 1. The van der Waals surface area contributed by atoms with E-state index in [0.29, 0.717) is 25.9 Å². The van der Waals surface area contributed by atoms with Gasteiger partial charge in [0, 0.05) is 19.5 Å². The monoisotopic (exact) mass is 278 g/mol. The molecule has 7 nitrogen and oxygen atoms in total. The maximum absolute atomic E-state index is 12.6. The number of nitrogens with one attached hydrogen (secondary N) is 2. The van der Waals surface area contributed by atoms with Gasteiger partial charge < -0.3 is 15.0 Å². The van der Waals surface area contributed by atoms with Gasteiger partial charge in [-0.25, -0.2) is 9.78 Å². The van der Waals surface area contributed by atoms with Crippen LogP contribution in [0, 0.1) is 0 Å². The Kier molecular flexibility index (Phi) is 3.01. The molecule has 2 unspecified atom stereocenters. The van der Waals surface area contributed by atoms with Crippen LogP contribution in [0.15, 0.2) is 6.33 Å². The SMILES string of the molecule is CC1(C(=O)O)CCCN1C(=O)C1Cc2nc[nH]c2CN1. The first-order valence-electron chi connectivity index (χ1n) is 6.82. The highest BCUT2D eigenvalue weighted by Gasteiger charge is 2.47. The molecule has 2 aliphatic heterocycles. The summed E-state index contributed by atoms with van der Waals surface area (Å²) in [6, 6.07) is -0.387. The fourth-order valence-electron chi connectivity index (χ4n) is 3.07. The molecule has 3 heterocycles. The molecule has 1 amide bonds. The van der Waals surface area contributed by atoms with Crippen LogP contribution in [0.1, 0.15) is 31.2 Å². The third-order valence-electron chi connectivity index (χ3n) is 4.40. The first-order valence-corrected chi connectivity index (χ1v) is 6.82. The molecule has 7 heteroatoms. The Morgan fingerprint density at radius 1 is 1.55 bits per heavy atom. The minimum atomic E-state index is -1.08. The first-order chi connectivity index (χ1) is 9.52. The van der Waals surface area contributed by atoms with Gasteiger partial charge in [-0.15, -0.1) is 0 Å². The zero-order valence-corrected chi connectivity index (χ0v) is 11.3. The maximum atomic E-state index is 12.6. The average Bonchev–Trinajstić information content (AvgIpc) is 3.03. The van der Waals surface area contributed by atoms with Crippen molar-refractivity contribution in [3.63, 3.8) is 0 Å². The number of aromatic amines is 1. The van der Waals surface area contributed by atoms with E-state index in [1.165, 1.54) is 4.90 Å². The number of aliphatic carboxylic acids is 1. The third kappa shape index (κ3) is 1.89. The van der Waals surface area contributed by atoms with Crippen molar-refractivity contribution >= 4 is 11.9 Å². The van der Waals surface area contributed by atoms with Gasteiger partial charge in [0.05, 0.1) is 23.8 Å². The lowest BCUT2D eigenvalue weighted by atomic mass is 9.97. The molecule has 3 N–H and O–H groups in total. The predicted octanol–water partition coefficient (Wildman–Crippen LogP) is -0.110. The van der Waals surface area contributed by atoms with Gasteiger partial charge in [0.2, 0.25) is 5.91 Å². The smallest absolute Gasteiger partial charge is 0.329 e. The number of aromatic nitrogens is 2. The van der Waals surface area contributed by atoms with Crippen LogP contribution in [-0.4, -0.2) is 50.0 Å². The number of H-pyrrole nitrogens is 1. The number of amides is 1. The van der Waals surface area contributed by atoms with Crippen LogP contribution in [0.5, 0.6) is 0 Å². The van der Waals surface area contributed by atoms with Crippen LogP contribution in [0.4, 0.5) is 0 Å². The Balaban J connectivity index is 1.78. The van der Waals surface area contributed by atoms with E-state index in [4.69, 9.17) is 0 Å². The van der Waals surface area contributed by atoms with Gasteiger partial charge in [-0.3, -0.25) is 10.1 Å². The molecule has 3 rings (SSSR count). The maximum Gasteiger partial charge on any atom is 0.329 e. The summed E-state index contributed by atoms with van der Waals surface area (Å²) in [5, 5.41) is 12.5. The number of imidazole rings is 1. The molecule has 1 saturated heterocycles. The summed E-state index contributed by atoms with van der Waals surface area (Å²) in [6.07, 6.45) is 3.36. The number of likely N-dealkylation sites (tertiary alicyclic amines) is 1. The molecule has 1 aromatic heterocycles. The molecule has 1 fully saturated rings. The topological polar surface area (TPSA) is 98.3 Å². The number of hydrogen-bond donors (Lipinski definition) is 3. The average molecular weight is 278 g/mol. The summed E-state index contributed by atoms with van der Waals surface area (Å²) in [4.78, 5) is 32.8. The van der Waals surface area contributed by atoms with E-state index in [2.05, 4.69) is 15.3 Å². The summed E-state index contributed by atoms with van der Waals surface area (Å²) < 4.78 is 0. The standard InChI is InChI=1S/C13H18N4O3/c1-13(12(19)20)3-2-4-17(13)11(18)9-5-8-10(6-14-9)16-7-15-8/h7,9,14H,2-6H2,1H3,(H,15,16)(H,19,20). The molecule has 0 bridgehead atoms. The van der Waals surface area contributed by atoms with E-state index in [9.17, 15) is 14.7 Å². The molecule has 2 aliphatic rings. The minimum Gasteiger partial charge on any atom is -0.480 e. The third-order valence-corrected chi connectivity index (χ3v) is 4.40. The Hall–Kier alpha value is -1.89. The van der Waals surface area contributed by atoms with Crippen LogP contribution >= 0.6 is 0 Å². The van der Waals surface area contributed by atoms with Crippen molar-refractivity contribution in [2.75, 3.05) is 6.54 Å². The van der Waals surface area contributed by atoms with Gasteiger partial charge in [0.1, 0.15) is 5.54 Å². The van der Waals surface area contributed by atoms with Gasteiger partial charge in [-0.1, -0.05) is 0 Å². The lowest BCUT2D eigenvalue weighted by Crippen LogP contribution is -2.57. The predicted molar refractivity (Wildman–Crippen MR) is 69.9 cm³/mol. The van der Waals surface area contributed by atoms with E-state index in [1.54, 1.807) is 13.3 Å². The second-order valence-corrected chi connectivity index (χ2v) is 5.64. The van der Waals surface area contributed by atoms with Crippen molar-refractivity contribution in [1.29, 1.82) is 0 Å². The Bertz CT molecular complexity index is 556. The zero-order chi connectivity index (χ0) is 14.3. The second kappa shape index (κ2) is 4.59. The van der Waals surface area contributed by atoms with Crippen molar-refractivity contribution in [2.24, 2.45) is 0 Å². The van der Waals surface area contributed by atoms with Gasteiger partial charge >= 0.3 is 5.97 Å². The summed E-state index contributed by atoms with van der Waals surface area (Å²) >= 11 is 0. The number of carbonyl (C=O) groups excluding carboxylic acids is 1. The number of carbonyl (C=O) groups is 2. The molecule has 1 aromatic rings. The van der Waals surface area contributed by atoms with Crippen LogP contribution in [-0.2, 0) is 22.6 Å². The van der Waals surface area contributed by atoms with Gasteiger partial charge in [0.25, 0.3) is 0 Å². The second-order valence-electron chi connectivity index (χ2n) is 5.64. The molecule has 0 aliphatic carbocycles. The lowest BCUT2D eigenvalue weighted by molar-refractivity contribution is -0.156. The molecule has 0 spiro atoms. The van der Waals surface area contributed by atoms with Crippen molar-refractivity contribution in [1.82, 2.24) is 20.2 Å². The normalized spacial score (nSPS) is 29.2. The molecule has 0 radical (unpaired) electrons. The lowest BCUT2D eigenvalue weighted by Gasteiger charge is -2.35. The van der Waals surface area contributed by atoms with E-state index in [0.717, 1.165) is 17.8 Å². The summed E-state index contributed by atoms with van der Waals surface area (Å²) in [5.74, 6) is -1.07. The number of hydrogen-bond acceptors (Lipinski definition) is 4. The van der Waals surface area contributed by atoms with E-state index in [-0.39, 0.29) is 11.9 Å². The molecule has 0 saturated carbocycles. The molecule has 0 aromatic carbocycles. The largest absolute Gasteiger partial charge is 0.480 e. The first kappa shape index (κ1) is 13.1. The Morgan fingerprint density at radius 3 is 3.10 bits per heavy atom. The summed E-state index contributed by atoms with van der Waals surface area (Å²) in [6.45, 7) is 2.69.